The Hall–Kier alpha value is -0.410. The van der Waals surface area contributed by atoms with Crippen LogP contribution in [0, 0.1) is 6.92 Å². The van der Waals surface area contributed by atoms with E-state index in [0.29, 0.717) is 0 Å². The molecule has 2 nitrogen and oxygen atoms in total. The van der Waals surface area contributed by atoms with Crippen LogP contribution in [0.15, 0.2) is 16.5 Å². The number of aryl methyl sites for hydroxylation is 1. The Morgan fingerprint density at radius 3 is 2.62 bits per heavy atom. The molecule has 1 aromatic heterocycles. The first-order chi connectivity index (χ1) is 6.27. The van der Waals surface area contributed by atoms with Gasteiger partial charge in [0.05, 0.1) is 18.6 Å². The lowest BCUT2D eigenvalue weighted by Gasteiger charge is -2.39. The van der Waals surface area contributed by atoms with Crippen molar-refractivity contribution in [2.45, 2.75) is 18.8 Å². The third kappa shape index (κ3) is 1.51. The van der Waals surface area contributed by atoms with Crippen molar-refractivity contribution in [3.63, 3.8) is 0 Å². The maximum Gasteiger partial charge on any atom is 0.114 e. The van der Waals surface area contributed by atoms with Gasteiger partial charge in [0.2, 0.25) is 0 Å². The van der Waals surface area contributed by atoms with Crippen molar-refractivity contribution in [1.82, 2.24) is 0 Å². The molecule has 1 aliphatic heterocycles. The number of thiol groups is 1. The Morgan fingerprint density at radius 1 is 1.46 bits per heavy atom. The molecule has 2 heterocycles. The molecular formula is C10H14O2S. The van der Waals surface area contributed by atoms with Gasteiger partial charge in [-0.15, -0.1) is 0 Å². The molecule has 1 fully saturated rings. The van der Waals surface area contributed by atoms with E-state index in [4.69, 9.17) is 9.15 Å². The van der Waals surface area contributed by atoms with Crippen LogP contribution in [-0.4, -0.2) is 19.0 Å². The van der Waals surface area contributed by atoms with Gasteiger partial charge in [0.15, 0.2) is 0 Å². The van der Waals surface area contributed by atoms with Gasteiger partial charge in [0.1, 0.15) is 11.5 Å². The van der Waals surface area contributed by atoms with Crippen molar-refractivity contribution in [2.75, 3.05) is 19.0 Å². The summed E-state index contributed by atoms with van der Waals surface area (Å²) in [6.45, 7) is 3.53. The second kappa shape index (κ2) is 3.39. The monoisotopic (exact) mass is 198 g/mol. The standard InChI is InChI=1S/C10H14O2S/c1-8-2-3-9(12-8)10(4-5-13)6-11-7-10/h2-3,13H,4-7H2,1H3. The Bertz CT molecular complexity index is 289. The van der Waals surface area contributed by atoms with Gasteiger partial charge >= 0.3 is 0 Å². The van der Waals surface area contributed by atoms with Crippen molar-refractivity contribution in [3.8, 4) is 0 Å². The molecule has 0 N–H and O–H groups in total. The molecule has 0 amide bonds. The van der Waals surface area contributed by atoms with Crippen LogP contribution in [0.25, 0.3) is 0 Å². The number of hydrogen-bond acceptors (Lipinski definition) is 3. The summed E-state index contributed by atoms with van der Waals surface area (Å²) in [5, 5.41) is 0. The van der Waals surface area contributed by atoms with Gasteiger partial charge in [-0.05, 0) is 31.2 Å². The highest BCUT2D eigenvalue weighted by Gasteiger charge is 2.42. The Balaban J connectivity index is 2.21. The molecule has 13 heavy (non-hydrogen) atoms. The number of hydrogen-bond donors (Lipinski definition) is 1. The van der Waals surface area contributed by atoms with Crippen LogP contribution in [0.1, 0.15) is 17.9 Å². The molecule has 1 saturated heterocycles. The second-order valence-electron chi connectivity index (χ2n) is 3.66. The maximum atomic E-state index is 5.63. The Morgan fingerprint density at radius 2 is 2.23 bits per heavy atom. The minimum absolute atomic E-state index is 0.121. The van der Waals surface area contributed by atoms with E-state index in [1.165, 1.54) is 0 Å². The quantitative estimate of drug-likeness (QED) is 0.752. The molecule has 0 spiro atoms. The summed E-state index contributed by atoms with van der Waals surface area (Å²) in [4.78, 5) is 0. The number of furan rings is 1. The predicted octanol–water partition coefficient (Wildman–Crippen LogP) is 2.18. The van der Waals surface area contributed by atoms with E-state index in [1.807, 2.05) is 13.0 Å². The summed E-state index contributed by atoms with van der Waals surface area (Å²) < 4.78 is 10.9. The molecule has 3 heteroatoms. The van der Waals surface area contributed by atoms with Crippen LogP contribution in [0.4, 0.5) is 0 Å². The zero-order valence-corrected chi connectivity index (χ0v) is 8.64. The van der Waals surface area contributed by atoms with Crippen LogP contribution in [0.3, 0.4) is 0 Å². The summed E-state index contributed by atoms with van der Waals surface area (Å²) >= 11 is 4.26. The van der Waals surface area contributed by atoms with Gasteiger partial charge in [0, 0.05) is 0 Å². The largest absolute Gasteiger partial charge is 0.466 e. The summed E-state index contributed by atoms with van der Waals surface area (Å²) in [5.74, 6) is 2.91. The zero-order chi connectivity index (χ0) is 9.31. The molecule has 0 radical (unpaired) electrons. The highest BCUT2D eigenvalue weighted by molar-refractivity contribution is 7.80. The van der Waals surface area contributed by atoms with Crippen LogP contribution in [0.2, 0.25) is 0 Å². The fraction of sp³-hybridized carbons (Fsp3) is 0.600. The van der Waals surface area contributed by atoms with Crippen LogP contribution in [-0.2, 0) is 10.2 Å². The van der Waals surface area contributed by atoms with Crippen molar-refractivity contribution in [1.29, 1.82) is 0 Å². The average Bonchev–Trinajstić information content (AvgIpc) is 2.44. The smallest absolute Gasteiger partial charge is 0.114 e. The highest BCUT2D eigenvalue weighted by Crippen LogP contribution is 2.36. The first kappa shape index (κ1) is 9.16. The molecule has 72 valence electrons. The van der Waals surface area contributed by atoms with Crippen LogP contribution < -0.4 is 0 Å². The molecule has 0 unspecified atom stereocenters. The first-order valence-corrected chi connectivity index (χ1v) is 5.16. The SMILES string of the molecule is Cc1ccc(C2(CCS)COC2)o1. The Labute approximate surface area is 83.7 Å². The first-order valence-electron chi connectivity index (χ1n) is 4.52. The van der Waals surface area contributed by atoms with E-state index < -0.39 is 0 Å². The van der Waals surface area contributed by atoms with Gasteiger partial charge < -0.3 is 9.15 Å². The summed E-state index contributed by atoms with van der Waals surface area (Å²) in [7, 11) is 0. The number of ether oxygens (including phenoxy) is 1. The predicted molar refractivity (Wildman–Crippen MR) is 54.4 cm³/mol. The minimum Gasteiger partial charge on any atom is -0.466 e. The maximum absolute atomic E-state index is 5.63. The lowest BCUT2D eigenvalue weighted by atomic mass is 9.81. The fourth-order valence-corrected chi connectivity index (χ4v) is 2.12. The van der Waals surface area contributed by atoms with Crippen LogP contribution in [0.5, 0.6) is 0 Å². The van der Waals surface area contributed by atoms with Crippen molar-refractivity contribution in [3.05, 3.63) is 23.7 Å². The molecule has 0 atom stereocenters. The topological polar surface area (TPSA) is 22.4 Å². The van der Waals surface area contributed by atoms with Gasteiger partial charge in [-0.25, -0.2) is 0 Å². The molecule has 1 aliphatic rings. The normalized spacial score (nSPS) is 19.8. The summed E-state index contributed by atoms with van der Waals surface area (Å²) in [6, 6.07) is 4.06. The summed E-state index contributed by atoms with van der Waals surface area (Å²) in [5.41, 5.74) is 0.121. The van der Waals surface area contributed by atoms with E-state index in [0.717, 1.165) is 36.9 Å². The van der Waals surface area contributed by atoms with E-state index in [-0.39, 0.29) is 5.41 Å². The van der Waals surface area contributed by atoms with Crippen LogP contribution >= 0.6 is 12.6 Å². The number of rotatable bonds is 3. The summed E-state index contributed by atoms with van der Waals surface area (Å²) in [6.07, 6.45) is 1.03. The second-order valence-corrected chi connectivity index (χ2v) is 4.10. The van der Waals surface area contributed by atoms with E-state index >= 15 is 0 Å². The fourth-order valence-electron chi connectivity index (χ4n) is 1.69. The Kier molecular flexibility index (Phi) is 2.39. The lowest BCUT2D eigenvalue weighted by molar-refractivity contribution is -0.0715. The van der Waals surface area contributed by atoms with E-state index in [2.05, 4.69) is 18.7 Å². The van der Waals surface area contributed by atoms with E-state index in [1.54, 1.807) is 0 Å². The zero-order valence-electron chi connectivity index (χ0n) is 7.75. The lowest BCUT2D eigenvalue weighted by Crippen LogP contribution is -2.46. The average molecular weight is 198 g/mol. The molecular weight excluding hydrogens is 184 g/mol. The molecule has 0 bridgehead atoms. The molecule has 2 rings (SSSR count). The van der Waals surface area contributed by atoms with Crippen molar-refractivity contribution >= 4 is 12.6 Å². The van der Waals surface area contributed by atoms with Crippen molar-refractivity contribution < 1.29 is 9.15 Å². The minimum atomic E-state index is 0.121. The van der Waals surface area contributed by atoms with E-state index in [9.17, 15) is 0 Å². The van der Waals surface area contributed by atoms with Gasteiger partial charge in [0.25, 0.3) is 0 Å². The highest BCUT2D eigenvalue weighted by atomic mass is 32.1. The van der Waals surface area contributed by atoms with Gasteiger partial charge in [-0.3, -0.25) is 0 Å². The molecule has 0 aliphatic carbocycles. The molecule has 0 aromatic carbocycles. The third-order valence-corrected chi connectivity index (χ3v) is 2.83. The molecule has 0 saturated carbocycles. The molecule has 1 aromatic rings. The third-order valence-electron chi connectivity index (χ3n) is 2.61. The van der Waals surface area contributed by atoms with Gasteiger partial charge in [-0.2, -0.15) is 12.6 Å². The van der Waals surface area contributed by atoms with Gasteiger partial charge in [-0.1, -0.05) is 0 Å². The van der Waals surface area contributed by atoms with Crippen molar-refractivity contribution in [2.24, 2.45) is 0 Å².